The first-order valence-electron chi connectivity index (χ1n) is 18.1. The van der Waals surface area contributed by atoms with E-state index in [1.807, 2.05) is 63.4 Å². The Kier molecular flexibility index (Phi) is 11.4. The average molecular weight is 726 g/mol. The molecule has 0 unspecified atom stereocenters. The SMILES string of the molecule is COC(=O)c1cccc(-c2ccc3c(c2)CC[C@H](CN(C[C@H](O[Si](C)(C)C(C)(C)C)c2ccc(-n4c(C)ccc4C)nc2)C(=O)OC(C)(C)C)O3)c1. The third-order valence-electron chi connectivity index (χ3n) is 10.1. The van der Waals surface area contributed by atoms with Crippen LogP contribution in [0.3, 0.4) is 0 Å². The number of amides is 1. The van der Waals surface area contributed by atoms with Crippen molar-refractivity contribution in [1.29, 1.82) is 0 Å². The standard InChI is InChI=1S/C42H55N3O6Si/c1-28-15-16-29(2)45(28)38-22-19-34(25-43-38)37(51-52(10,11)42(6,7)8)27-44(40(47)50-41(3,4)5)26-35-20-17-32-23-31(18-21-36(32)49-35)30-13-12-14-33(24-30)39(46)48-9/h12-16,18-19,21-25,35,37H,17,20,26-27H2,1-11H3/t35-,37+/m1/s1. The molecule has 0 N–H and O–H groups in total. The largest absolute Gasteiger partial charge is 0.488 e. The van der Waals surface area contributed by atoms with Gasteiger partial charge in [-0.1, -0.05) is 45.0 Å². The van der Waals surface area contributed by atoms with Crippen molar-refractivity contribution in [2.45, 2.75) is 104 Å². The van der Waals surface area contributed by atoms with Crippen molar-refractivity contribution in [1.82, 2.24) is 14.5 Å². The van der Waals surface area contributed by atoms with E-state index in [4.69, 9.17) is 23.6 Å². The molecule has 0 saturated carbocycles. The highest BCUT2D eigenvalue weighted by Gasteiger charge is 2.41. The van der Waals surface area contributed by atoms with Crippen molar-refractivity contribution in [2.24, 2.45) is 0 Å². The highest BCUT2D eigenvalue weighted by atomic mass is 28.4. The maximum absolute atomic E-state index is 13.9. The Morgan fingerprint density at radius 2 is 1.65 bits per heavy atom. The van der Waals surface area contributed by atoms with Crippen LogP contribution in [-0.4, -0.2) is 66.7 Å². The minimum atomic E-state index is -2.30. The van der Waals surface area contributed by atoms with Crippen molar-refractivity contribution in [3.8, 4) is 22.7 Å². The molecule has 0 radical (unpaired) electrons. The first-order chi connectivity index (χ1) is 24.3. The summed E-state index contributed by atoms with van der Waals surface area (Å²) in [4.78, 5) is 32.7. The number of ether oxygens (including phenoxy) is 3. The van der Waals surface area contributed by atoms with Gasteiger partial charge in [-0.05, 0) is 130 Å². The summed E-state index contributed by atoms with van der Waals surface area (Å²) < 4.78 is 26.7. The molecule has 0 saturated heterocycles. The summed E-state index contributed by atoms with van der Waals surface area (Å²) in [5.74, 6) is 1.26. The smallest absolute Gasteiger partial charge is 0.410 e. The Morgan fingerprint density at radius 3 is 2.27 bits per heavy atom. The van der Waals surface area contributed by atoms with E-state index < -0.39 is 26.1 Å². The Morgan fingerprint density at radius 1 is 0.962 bits per heavy atom. The number of esters is 1. The van der Waals surface area contributed by atoms with Crippen LogP contribution in [0.4, 0.5) is 4.79 Å². The zero-order chi connectivity index (χ0) is 38.0. The highest BCUT2D eigenvalue weighted by molar-refractivity contribution is 6.74. The monoisotopic (exact) mass is 725 g/mol. The van der Waals surface area contributed by atoms with Crippen molar-refractivity contribution >= 4 is 20.4 Å². The number of methoxy groups -OCH3 is 1. The number of benzene rings is 2. The molecule has 52 heavy (non-hydrogen) atoms. The molecule has 3 heterocycles. The van der Waals surface area contributed by atoms with Gasteiger partial charge in [0, 0.05) is 17.6 Å². The third-order valence-corrected chi connectivity index (χ3v) is 14.5. The molecule has 0 aliphatic carbocycles. The normalized spacial score (nSPS) is 15.3. The second kappa shape index (κ2) is 15.3. The molecule has 2 aromatic heterocycles. The molecule has 0 spiro atoms. The lowest BCUT2D eigenvalue weighted by molar-refractivity contribution is 0.00490. The number of fused-ring (bicyclic) bond motifs is 1. The molecule has 2 atom stereocenters. The second-order valence-corrected chi connectivity index (χ2v) is 21.1. The van der Waals surface area contributed by atoms with Gasteiger partial charge in [-0.15, -0.1) is 0 Å². The molecule has 5 rings (SSSR count). The minimum Gasteiger partial charge on any atom is -0.488 e. The summed E-state index contributed by atoms with van der Waals surface area (Å²) in [6, 6.07) is 21.8. The first kappa shape index (κ1) is 38.8. The van der Waals surface area contributed by atoms with Gasteiger partial charge in [0.05, 0.1) is 31.9 Å². The Bertz CT molecular complexity index is 1870. The molecule has 2 aromatic carbocycles. The Hall–Kier alpha value is -4.41. The van der Waals surface area contributed by atoms with Gasteiger partial charge in [-0.2, -0.15) is 0 Å². The molecule has 1 amide bonds. The second-order valence-electron chi connectivity index (χ2n) is 16.3. The lowest BCUT2D eigenvalue weighted by Crippen LogP contribution is -2.48. The molecule has 4 aromatic rings. The van der Waals surface area contributed by atoms with Gasteiger partial charge in [0.2, 0.25) is 0 Å². The summed E-state index contributed by atoms with van der Waals surface area (Å²) in [5.41, 5.74) is 5.96. The van der Waals surface area contributed by atoms with E-state index >= 15 is 0 Å². The zero-order valence-corrected chi connectivity index (χ0v) is 33.7. The van der Waals surface area contributed by atoms with Crippen LogP contribution in [0.5, 0.6) is 5.75 Å². The minimum absolute atomic E-state index is 0.0512. The number of nitrogens with zero attached hydrogens (tertiary/aromatic N) is 3. The molecular weight excluding hydrogens is 671 g/mol. The van der Waals surface area contributed by atoms with E-state index in [2.05, 4.69) is 76.5 Å². The van der Waals surface area contributed by atoms with Crippen molar-refractivity contribution < 1.29 is 28.2 Å². The summed E-state index contributed by atoms with van der Waals surface area (Å²) >= 11 is 0. The molecule has 278 valence electrons. The lowest BCUT2D eigenvalue weighted by Gasteiger charge is -2.41. The van der Waals surface area contributed by atoms with E-state index in [1.54, 1.807) is 11.0 Å². The highest BCUT2D eigenvalue weighted by Crippen LogP contribution is 2.40. The summed E-state index contributed by atoms with van der Waals surface area (Å²) in [5, 5.41) is -0.0512. The number of hydrogen-bond donors (Lipinski definition) is 0. The summed E-state index contributed by atoms with van der Waals surface area (Å²) in [6.07, 6.45) is 2.29. The molecule has 9 nitrogen and oxygen atoms in total. The summed E-state index contributed by atoms with van der Waals surface area (Å²) in [7, 11) is -0.915. The predicted molar refractivity (Wildman–Crippen MR) is 208 cm³/mol. The maximum atomic E-state index is 13.9. The number of carbonyl (C=O) groups is 2. The predicted octanol–water partition coefficient (Wildman–Crippen LogP) is 9.64. The van der Waals surface area contributed by atoms with Crippen LogP contribution in [-0.2, 0) is 20.3 Å². The van der Waals surface area contributed by atoms with Crippen LogP contribution in [0, 0.1) is 13.8 Å². The van der Waals surface area contributed by atoms with Crippen LogP contribution in [0.15, 0.2) is 72.9 Å². The number of hydrogen-bond acceptors (Lipinski definition) is 7. The van der Waals surface area contributed by atoms with Crippen LogP contribution >= 0.6 is 0 Å². The van der Waals surface area contributed by atoms with E-state index in [0.717, 1.165) is 58.1 Å². The van der Waals surface area contributed by atoms with Gasteiger partial charge in [0.1, 0.15) is 23.3 Å². The fraction of sp³-hybridized carbons (Fsp3) is 0.452. The van der Waals surface area contributed by atoms with Crippen LogP contribution in [0.1, 0.15) is 86.9 Å². The van der Waals surface area contributed by atoms with E-state index in [9.17, 15) is 9.59 Å². The molecule has 10 heteroatoms. The van der Waals surface area contributed by atoms with Gasteiger partial charge in [-0.3, -0.25) is 0 Å². The number of carbonyl (C=O) groups excluding carboxylic acids is 2. The fourth-order valence-electron chi connectivity index (χ4n) is 6.19. The number of aromatic nitrogens is 2. The number of pyridine rings is 1. The molecule has 1 aliphatic heterocycles. The maximum Gasteiger partial charge on any atom is 0.410 e. The average Bonchev–Trinajstić information content (AvgIpc) is 3.42. The van der Waals surface area contributed by atoms with Crippen LogP contribution < -0.4 is 4.74 Å². The first-order valence-corrected chi connectivity index (χ1v) is 21.0. The van der Waals surface area contributed by atoms with Gasteiger partial charge >= 0.3 is 12.1 Å². The topological polar surface area (TPSA) is 92.1 Å². The zero-order valence-electron chi connectivity index (χ0n) is 32.7. The molecule has 1 aliphatic rings. The quantitative estimate of drug-likeness (QED) is 0.119. The molecular formula is C42H55N3O6Si. The van der Waals surface area contributed by atoms with Crippen LogP contribution in [0.2, 0.25) is 18.1 Å². The van der Waals surface area contributed by atoms with Gasteiger partial charge in [0.25, 0.3) is 0 Å². The van der Waals surface area contributed by atoms with Crippen molar-refractivity contribution in [2.75, 3.05) is 20.2 Å². The van der Waals surface area contributed by atoms with Gasteiger partial charge in [0.15, 0.2) is 8.32 Å². The van der Waals surface area contributed by atoms with Gasteiger partial charge in [-0.25, -0.2) is 14.6 Å². The van der Waals surface area contributed by atoms with Gasteiger partial charge < -0.3 is 28.1 Å². The Balaban J connectivity index is 1.41. The molecule has 0 fully saturated rings. The van der Waals surface area contributed by atoms with Crippen LogP contribution in [0.25, 0.3) is 16.9 Å². The number of aryl methyl sites for hydroxylation is 3. The third kappa shape index (κ3) is 9.14. The lowest BCUT2D eigenvalue weighted by atomic mass is 9.96. The number of rotatable bonds is 10. The van der Waals surface area contributed by atoms with E-state index in [1.165, 1.54) is 7.11 Å². The van der Waals surface area contributed by atoms with E-state index in [0.29, 0.717) is 12.1 Å². The van der Waals surface area contributed by atoms with Crippen molar-refractivity contribution in [3.63, 3.8) is 0 Å². The van der Waals surface area contributed by atoms with Crippen molar-refractivity contribution in [3.05, 3.63) is 101 Å². The summed E-state index contributed by atoms with van der Waals surface area (Å²) in [6.45, 7) is 21.5. The Labute approximate surface area is 310 Å². The molecule has 0 bridgehead atoms. The fourth-order valence-corrected chi connectivity index (χ4v) is 7.46. The van der Waals surface area contributed by atoms with E-state index in [-0.39, 0.29) is 23.7 Å².